The highest BCUT2D eigenvalue weighted by Crippen LogP contribution is 2.26. The zero-order chi connectivity index (χ0) is 32.7. The first kappa shape index (κ1) is 41.5. The summed E-state index contributed by atoms with van der Waals surface area (Å²) in [7, 11) is -3.12. The van der Waals surface area contributed by atoms with Crippen LogP contribution in [0.2, 0.25) is 4.34 Å². The Balaban J connectivity index is 0. The van der Waals surface area contributed by atoms with Gasteiger partial charge in [-0.05, 0) is 85.4 Å². The fraction of sp³-hybridized carbons (Fsp3) is 0.406. The number of alkyl halides is 1. The molecule has 0 bridgehead atoms. The fourth-order valence-corrected chi connectivity index (χ4v) is 6.18. The van der Waals surface area contributed by atoms with Crippen LogP contribution in [-0.2, 0) is 27.7 Å². The quantitative estimate of drug-likeness (QED) is 0.216. The van der Waals surface area contributed by atoms with Gasteiger partial charge in [0.05, 0.1) is 11.5 Å². The number of carbonyl (C=O) groups is 1. The number of anilines is 1. The fourth-order valence-electron chi connectivity index (χ4n) is 3.41. The van der Waals surface area contributed by atoms with Gasteiger partial charge in [0.2, 0.25) is 15.9 Å². The average molecular weight is 645 g/mol. The highest BCUT2D eigenvalue weighted by Gasteiger charge is 2.19. The Kier molecular flexibility index (Phi) is 23.7. The van der Waals surface area contributed by atoms with E-state index in [1.807, 2.05) is 66.7 Å². The number of amides is 1. The molecule has 10 heteroatoms. The summed E-state index contributed by atoms with van der Waals surface area (Å²) in [5.74, 6) is -0.626. The summed E-state index contributed by atoms with van der Waals surface area (Å²) in [4.78, 5) is 12.3. The van der Waals surface area contributed by atoms with Crippen molar-refractivity contribution in [2.24, 2.45) is 0 Å². The molecule has 0 radical (unpaired) electrons. The molecule has 0 spiro atoms. The van der Waals surface area contributed by atoms with E-state index < -0.39 is 10.0 Å². The van der Waals surface area contributed by atoms with E-state index in [2.05, 4.69) is 17.0 Å². The van der Waals surface area contributed by atoms with Gasteiger partial charge in [0.15, 0.2) is 0 Å². The van der Waals surface area contributed by atoms with E-state index in [9.17, 15) is 22.0 Å². The van der Waals surface area contributed by atoms with Crippen molar-refractivity contribution in [3.05, 3.63) is 87.5 Å². The minimum Gasteiger partial charge on any atom is -0.323 e. The first-order chi connectivity index (χ1) is 20.2. The number of halogens is 3. The third kappa shape index (κ3) is 15.6. The van der Waals surface area contributed by atoms with Crippen LogP contribution in [0.15, 0.2) is 64.9 Å². The minimum absolute atomic E-state index is 0.192. The van der Waals surface area contributed by atoms with E-state index in [4.69, 9.17) is 11.6 Å². The van der Waals surface area contributed by atoms with Crippen molar-refractivity contribution in [1.82, 2.24) is 4.72 Å². The predicted octanol–water partition coefficient (Wildman–Crippen LogP) is 9.72. The standard InChI is InChI=1S/C25H26ClFN2O3S2.3C2H6.CH3F/c1-3-19-9-12-22(28-24(30)14-7-18-5-10-21(27)11-6-18)16-20(19)8-4-17(2)29-34(31,32)25-15-13-23(26)33-25;4*1-2/h5-7,9-17,29H,3-4,8H2,1-2H3,(H,28,30);3*1-2H3;1H3/b14-7+;;;;. The topological polar surface area (TPSA) is 75.3 Å². The zero-order valence-electron chi connectivity index (χ0n) is 26.2. The number of nitrogens with one attached hydrogen (secondary N) is 2. The van der Waals surface area contributed by atoms with Crippen molar-refractivity contribution in [1.29, 1.82) is 0 Å². The van der Waals surface area contributed by atoms with Gasteiger partial charge in [-0.2, -0.15) is 0 Å². The minimum atomic E-state index is -3.62. The average Bonchev–Trinajstić information content (AvgIpc) is 3.47. The molecule has 1 amide bonds. The molecule has 3 rings (SSSR count). The Bertz CT molecular complexity index is 1280. The van der Waals surface area contributed by atoms with Crippen LogP contribution in [0, 0.1) is 5.82 Å². The number of thiophene rings is 1. The molecule has 1 heterocycles. The van der Waals surface area contributed by atoms with Crippen LogP contribution in [-0.4, -0.2) is 27.5 Å². The van der Waals surface area contributed by atoms with Crippen molar-refractivity contribution in [2.75, 3.05) is 12.5 Å². The van der Waals surface area contributed by atoms with Gasteiger partial charge in [0.25, 0.3) is 0 Å². The maximum atomic E-state index is 13.0. The van der Waals surface area contributed by atoms with Crippen molar-refractivity contribution in [3.8, 4) is 0 Å². The van der Waals surface area contributed by atoms with Crippen LogP contribution in [0.5, 0.6) is 0 Å². The first-order valence-electron chi connectivity index (χ1n) is 14.2. The van der Waals surface area contributed by atoms with E-state index in [0.717, 1.165) is 34.4 Å². The van der Waals surface area contributed by atoms with Gasteiger partial charge in [-0.3, -0.25) is 9.18 Å². The lowest BCUT2D eigenvalue weighted by molar-refractivity contribution is -0.111. The van der Waals surface area contributed by atoms with E-state index in [0.29, 0.717) is 30.0 Å². The van der Waals surface area contributed by atoms with Crippen LogP contribution in [0.4, 0.5) is 14.5 Å². The molecular formula is C32H47ClF2N2O3S2. The normalized spacial score (nSPS) is 10.9. The molecule has 0 aliphatic heterocycles. The Morgan fingerprint density at radius 3 is 2.07 bits per heavy atom. The number of rotatable bonds is 10. The second kappa shape index (κ2) is 23.9. The molecule has 236 valence electrons. The summed E-state index contributed by atoms with van der Waals surface area (Å²) in [6.07, 6.45) is 5.07. The molecule has 1 atom stereocenters. The lowest BCUT2D eigenvalue weighted by Crippen LogP contribution is -2.32. The molecule has 42 heavy (non-hydrogen) atoms. The van der Waals surface area contributed by atoms with E-state index in [1.54, 1.807) is 24.3 Å². The molecule has 0 fully saturated rings. The highest BCUT2D eigenvalue weighted by molar-refractivity contribution is 7.91. The summed E-state index contributed by atoms with van der Waals surface area (Å²) in [5.41, 5.74) is 3.57. The van der Waals surface area contributed by atoms with Gasteiger partial charge in [0.1, 0.15) is 10.0 Å². The maximum Gasteiger partial charge on any atom is 0.250 e. The Labute approximate surface area is 261 Å². The molecule has 5 nitrogen and oxygen atoms in total. The molecule has 1 unspecified atom stereocenters. The summed E-state index contributed by atoms with van der Waals surface area (Å²) >= 11 is 6.88. The molecule has 1 aromatic heterocycles. The van der Waals surface area contributed by atoms with Gasteiger partial charge >= 0.3 is 0 Å². The van der Waals surface area contributed by atoms with Gasteiger partial charge in [-0.15, -0.1) is 11.3 Å². The summed E-state index contributed by atoms with van der Waals surface area (Å²) in [6, 6.07) is 14.4. The van der Waals surface area contributed by atoms with Crippen LogP contribution in [0.3, 0.4) is 0 Å². The smallest absolute Gasteiger partial charge is 0.250 e. The SMILES string of the molecule is CC.CC.CC.CCc1ccc(NC(=O)/C=C/c2ccc(F)cc2)cc1CCC(C)NS(=O)(=O)c1ccc(Cl)s1.CF. The summed E-state index contributed by atoms with van der Waals surface area (Å²) in [6.45, 7) is 15.9. The first-order valence-corrected chi connectivity index (χ1v) is 16.9. The number of aryl methyl sites for hydroxylation is 2. The summed E-state index contributed by atoms with van der Waals surface area (Å²) in [5, 5.41) is 2.84. The van der Waals surface area contributed by atoms with Crippen molar-refractivity contribution >= 4 is 50.6 Å². The third-order valence-electron chi connectivity index (χ3n) is 5.17. The van der Waals surface area contributed by atoms with Crippen LogP contribution in [0.25, 0.3) is 6.08 Å². The van der Waals surface area contributed by atoms with E-state index in [-0.39, 0.29) is 22.0 Å². The Morgan fingerprint density at radius 1 is 0.952 bits per heavy atom. The van der Waals surface area contributed by atoms with Crippen molar-refractivity contribution < 1.29 is 22.0 Å². The monoisotopic (exact) mass is 644 g/mol. The van der Waals surface area contributed by atoms with Gasteiger partial charge in [0, 0.05) is 17.8 Å². The van der Waals surface area contributed by atoms with Gasteiger partial charge < -0.3 is 5.32 Å². The number of hydrogen-bond acceptors (Lipinski definition) is 4. The van der Waals surface area contributed by atoms with Crippen molar-refractivity contribution in [2.45, 2.75) is 84.9 Å². The van der Waals surface area contributed by atoms with Crippen LogP contribution < -0.4 is 10.0 Å². The molecule has 2 aromatic carbocycles. The lowest BCUT2D eigenvalue weighted by Gasteiger charge is -2.16. The number of benzene rings is 2. The van der Waals surface area contributed by atoms with Crippen LogP contribution in [0.1, 0.15) is 78.5 Å². The number of sulfonamides is 1. The second-order valence-electron chi connectivity index (χ2n) is 7.83. The highest BCUT2D eigenvalue weighted by atomic mass is 35.5. The Morgan fingerprint density at radius 2 is 1.55 bits per heavy atom. The van der Waals surface area contributed by atoms with Crippen LogP contribution >= 0.6 is 22.9 Å². The number of hydrogen-bond donors (Lipinski definition) is 2. The van der Waals surface area contributed by atoms with E-state index in [1.165, 1.54) is 24.3 Å². The second-order valence-corrected chi connectivity index (χ2v) is 11.5. The molecule has 2 N–H and O–H groups in total. The molecule has 0 saturated heterocycles. The molecule has 3 aromatic rings. The Hall–Kier alpha value is -2.59. The zero-order valence-corrected chi connectivity index (χ0v) is 28.6. The maximum absolute atomic E-state index is 13.0. The third-order valence-corrected chi connectivity index (χ3v) is 8.48. The molecule has 0 saturated carbocycles. The van der Waals surface area contributed by atoms with Crippen molar-refractivity contribution in [3.63, 3.8) is 0 Å². The van der Waals surface area contributed by atoms with E-state index >= 15 is 0 Å². The lowest BCUT2D eigenvalue weighted by atomic mass is 9.98. The predicted molar refractivity (Wildman–Crippen MR) is 178 cm³/mol. The van der Waals surface area contributed by atoms with Gasteiger partial charge in [-0.1, -0.05) is 78.3 Å². The van der Waals surface area contributed by atoms with Gasteiger partial charge in [-0.25, -0.2) is 17.5 Å². The molecule has 0 aliphatic rings. The number of carbonyl (C=O) groups excluding carboxylic acids is 1. The summed E-state index contributed by atoms with van der Waals surface area (Å²) < 4.78 is 50.8. The largest absolute Gasteiger partial charge is 0.323 e. The molecule has 0 aliphatic carbocycles. The molecular weight excluding hydrogens is 598 g/mol.